The molecule has 1 aromatic carbocycles. The van der Waals surface area contributed by atoms with E-state index in [0.29, 0.717) is 18.0 Å². The largest absolute Gasteiger partial charge is 0.482 e. The van der Waals surface area contributed by atoms with Crippen molar-refractivity contribution in [3.05, 3.63) is 23.8 Å². The quantitative estimate of drug-likeness (QED) is 0.847. The molecule has 104 valence electrons. The van der Waals surface area contributed by atoms with Crippen LogP contribution >= 0.6 is 0 Å². The van der Waals surface area contributed by atoms with Gasteiger partial charge in [-0.25, -0.2) is 0 Å². The molecule has 6 nitrogen and oxygen atoms in total. The number of carbonyl (C=O) groups excluding carboxylic acids is 1. The molecule has 1 unspecified atom stereocenters. The molecule has 0 fully saturated rings. The van der Waals surface area contributed by atoms with Crippen LogP contribution in [0.5, 0.6) is 5.75 Å². The van der Waals surface area contributed by atoms with Gasteiger partial charge in [-0.1, -0.05) is 6.07 Å². The second-order valence-corrected chi connectivity index (χ2v) is 4.32. The predicted molar refractivity (Wildman–Crippen MR) is 70.1 cm³/mol. The highest BCUT2D eigenvalue weighted by atomic mass is 16.5. The summed E-state index contributed by atoms with van der Waals surface area (Å²) >= 11 is 0. The average molecular weight is 266 g/mol. The van der Waals surface area contributed by atoms with Crippen LogP contribution in [-0.2, 0) is 14.3 Å². The maximum atomic E-state index is 11.8. The minimum atomic E-state index is -0.239. The Morgan fingerprint density at radius 3 is 2.89 bits per heavy atom. The molecular formula is C13H18N2O4. The lowest BCUT2D eigenvalue weighted by Gasteiger charge is -2.29. The summed E-state index contributed by atoms with van der Waals surface area (Å²) in [6.07, 6.45) is 0. The summed E-state index contributed by atoms with van der Waals surface area (Å²) < 4.78 is 15.5. The van der Waals surface area contributed by atoms with Gasteiger partial charge in [0.2, 0.25) is 0 Å². The van der Waals surface area contributed by atoms with Gasteiger partial charge in [-0.05, 0) is 17.7 Å². The van der Waals surface area contributed by atoms with Crippen molar-refractivity contribution in [1.29, 1.82) is 0 Å². The van der Waals surface area contributed by atoms with E-state index in [4.69, 9.17) is 19.9 Å². The van der Waals surface area contributed by atoms with E-state index in [2.05, 4.69) is 0 Å². The Balaban J connectivity index is 2.32. The molecule has 1 aliphatic rings. The van der Waals surface area contributed by atoms with Gasteiger partial charge >= 0.3 is 0 Å². The first-order valence-corrected chi connectivity index (χ1v) is 5.98. The number of hydrogen-bond donors (Lipinski definition) is 1. The Bertz CT molecular complexity index is 464. The van der Waals surface area contributed by atoms with Gasteiger partial charge in [-0.3, -0.25) is 9.69 Å². The number of methoxy groups -OCH3 is 2. The minimum absolute atomic E-state index is 0.0276. The Morgan fingerprint density at radius 1 is 1.42 bits per heavy atom. The van der Waals surface area contributed by atoms with Crippen LogP contribution < -0.4 is 15.4 Å². The molecule has 0 radical (unpaired) electrons. The lowest BCUT2D eigenvalue weighted by molar-refractivity contribution is -0.122. The van der Waals surface area contributed by atoms with Crippen molar-refractivity contribution in [3.63, 3.8) is 0 Å². The average Bonchev–Trinajstić information content (AvgIpc) is 2.42. The topological polar surface area (TPSA) is 74.0 Å². The first-order chi connectivity index (χ1) is 9.17. The van der Waals surface area contributed by atoms with Gasteiger partial charge in [0, 0.05) is 14.2 Å². The van der Waals surface area contributed by atoms with Crippen LogP contribution in [-0.4, -0.2) is 40.1 Å². The number of fused-ring (bicyclic) bond motifs is 1. The van der Waals surface area contributed by atoms with Crippen molar-refractivity contribution in [3.8, 4) is 5.75 Å². The van der Waals surface area contributed by atoms with Gasteiger partial charge in [-0.15, -0.1) is 0 Å². The molecule has 0 saturated carbocycles. The number of rotatable bonds is 5. The fourth-order valence-electron chi connectivity index (χ4n) is 2.00. The molecule has 1 amide bonds. The molecule has 1 heterocycles. The minimum Gasteiger partial charge on any atom is -0.482 e. The van der Waals surface area contributed by atoms with E-state index in [1.165, 1.54) is 0 Å². The van der Waals surface area contributed by atoms with Crippen molar-refractivity contribution in [2.75, 3.05) is 39.1 Å². The molecule has 0 spiro atoms. The third-order valence-electron chi connectivity index (χ3n) is 2.96. The number of carbonyl (C=O) groups is 1. The number of nitrogens with zero attached hydrogens (tertiary/aromatic N) is 1. The van der Waals surface area contributed by atoms with Gasteiger partial charge in [0.15, 0.2) is 6.61 Å². The summed E-state index contributed by atoms with van der Waals surface area (Å²) in [5.41, 5.74) is 7.56. The Hall–Kier alpha value is -1.63. The van der Waals surface area contributed by atoms with Gasteiger partial charge in [0.1, 0.15) is 12.5 Å². The van der Waals surface area contributed by atoms with Gasteiger partial charge in [0.05, 0.1) is 18.3 Å². The van der Waals surface area contributed by atoms with E-state index in [1.807, 2.05) is 18.2 Å². The summed E-state index contributed by atoms with van der Waals surface area (Å²) in [5, 5.41) is 0. The second kappa shape index (κ2) is 6.01. The predicted octanol–water partition coefficient (Wildman–Crippen LogP) is 0.662. The van der Waals surface area contributed by atoms with Crippen LogP contribution in [0.15, 0.2) is 18.2 Å². The molecule has 2 N–H and O–H groups in total. The van der Waals surface area contributed by atoms with Gasteiger partial charge in [0.25, 0.3) is 5.91 Å². The third-order valence-corrected chi connectivity index (χ3v) is 2.96. The summed E-state index contributed by atoms with van der Waals surface area (Å²) in [6, 6.07) is 5.30. The van der Waals surface area contributed by atoms with Crippen molar-refractivity contribution >= 4 is 11.6 Å². The summed E-state index contributed by atoms with van der Waals surface area (Å²) in [4.78, 5) is 13.4. The van der Waals surface area contributed by atoms with E-state index >= 15 is 0 Å². The molecule has 1 aliphatic heterocycles. The van der Waals surface area contributed by atoms with Crippen molar-refractivity contribution in [2.45, 2.75) is 6.04 Å². The van der Waals surface area contributed by atoms with Crippen molar-refractivity contribution in [1.82, 2.24) is 0 Å². The Labute approximate surface area is 112 Å². The monoisotopic (exact) mass is 266 g/mol. The van der Waals surface area contributed by atoms with E-state index in [0.717, 1.165) is 5.56 Å². The smallest absolute Gasteiger partial charge is 0.266 e. The van der Waals surface area contributed by atoms with Crippen molar-refractivity contribution in [2.24, 2.45) is 5.73 Å². The Morgan fingerprint density at radius 2 is 2.21 bits per heavy atom. The number of anilines is 1. The molecule has 0 saturated heterocycles. The lowest BCUT2D eigenvalue weighted by Crippen LogP contribution is -2.40. The fourth-order valence-corrected chi connectivity index (χ4v) is 2.00. The zero-order valence-corrected chi connectivity index (χ0v) is 11.1. The van der Waals surface area contributed by atoms with E-state index in [1.54, 1.807) is 19.1 Å². The van der Waals surface area contributed by atoms with Crippen LogP contribution in [0, 0.1) is 0 Å². The van der Waals surface area contributed by atoms with E-state index < -0.39 is 0 Å². The lowest BCUT2D eigenvalue weighted by atomic mass is 10.1. The number of hydrogen-bond acceptors (Lipinski definition) is 5. The molecule has 0 bridgehead atoms. The molecule has 19 heavy (non-hydrogen) atoms. The molecule has 2 rings (SSSR count). The molecular weight excluding hydrogens is 248 g/mol. The first-order valence-electron chi connectivity index (χ1n) is 5.98. The first kappa shape index (κ1) is 13.8. The molecule has 0 aromatic heterocycles. The molecule has 1 atom stereocenters. The van der Waals surface area contributed by atoms with E-state index in [-0.39, 0.29) is 25.3 Å². The van der Waals surface area contributed by atoms with Gasteiger partial charge < -0.3 is 19.9 Å². The second-order valence-electron chi connectivity index (χ2n) is 4.32. The van der Waals surface area contributed by atoms with E-state index in [9.17, 15) is 4.79 Å². The maximum Gasteiger partial charge on any atom is 0.266 e. The highest BCUT2D eigenvalue weighted by molar-refractivity contribution is 5.97. The molecule has 0 aliphatic carbocycles. The zero-order chi connectivity index (χ0) is 13.8. The maximum absolute atomic E-state index is 11.8. The van der Waals surface area contributed by atoms with Crippen LogP contribution in [0.2, 0.25) is 0 Å². The standard InChI is InChI=1S/C13H18N2O4/c1-17-6-10(14)9-3-4-12-11(5-9)15(8-18-2)13(16)7-19-12/h3-5,10H,6-8,14H2,1-2H3. The van der Waals surface area contributed by atoms with Crippen LogP contribution in [0.4, 0.5) is 5.69 Å². The zero-order valence-electron chi connectivity index (χ0n) is 11.1. The van der Waals surface area contributed by atoms with Gasteiger partial charge in [-0.2, -0.15) is 0 Å². The van der Waals surface area contributed by atoms with Crippen LogP contribution in [0.3, 0.4) is 0 Å². The number of ether oxygens (including phenoxy) is 3. The fraction of sp³-hybridized carbons (Fsp3) is 0.462. The third kappa shape index (κ3) is 2.86. The summed E-state index contributed by atoms with van der Waals surface area (Å²) in [5.74, 6) is 0.525. The highest BCUT2D eigenvalue weighted by Gasteiger charge is 2.26. The summed E-state index contributed by atoms with van der Waals surface area (Å²) in [7, 11) is 3.14. The number of benzene rings is 1. The summed E-state index contributed by atoms with van der Waals surface area (Å²) in [6.45, 7) is 0.635. The number of amides is 1. The van der Waals surface area contributed by atoms with Crippen molar-refractivity contribution < 1.29 is 19.0 Å². The highest BCUT2D eigenvalue weighted by Crippen LogP contribution is 2.34. The number of nitrogens with two attached hydrogens (primary N) is 1. The Kier molecular flexibility index (Phi) is 4.36. The van der Waals surface area contributed by atoms with Crippen LogP contribution in [0.25, 0.3) is 0 Å². The van der Waals surface area contributed by atoms with Crippen LogP contribution in [0.1, 0.15) is 11.6 Å². The normalized spacial score (nSPS) is 15.9. The SMILES string of the molecule is COCC(N)c1ccc2c(c1)N(COC)C(=O)CO2. The molecule has 6 heteroatoms. The molecule has 1 aromatic rings.